The summed E-state index contributed by atoms with van der Waals surface area (Å²) in [6.45, 7) is 4.93. The Balaban J connectivity index is 1.89. The van der Waals surface area contributed by atoms with E-state index in [1.54, 1.807) is 6.07 Å². The summed E-state index contributed by atoms with van der Waals surface area (Å²) in [5, 5.41) is 0. The molecule has 2 aromatic rings. The van der Waals surface area contributed by atoms with Crippen molar-refractivity contribution in [3.8, 4) is 17.1 Å². The van der Waals surface area contributed by atoms with Crippen LogP contribution in [0, 0.1) is 5.82 Å². The first-order valence-corrected chi connectivity index (χ1v) is 9.98. The number of aromatic nitrogens is 2. The molecule has 0 atom stereocenters. The van der Waals surface area contributed by atoms with Crippen molar-refractivity contribution in [1.82, 2.24) is 9.97 Å². The van der Waals surface area contributed by atoms with E-state index in [-0.39, 0.29) is 5.82 Å². The molecule has 0 saturated heterocycles. The van der Waals surface area contributed by atoms with E-state index in [9.17, 15) is 4.39 Å². The molecule has 0 bridgehead atoms. The average Bonchev–Trinajstić information content (AvgIpc) is 2.67. The van der Waals surface area contributed by atoms with Gasteiger partial charge < -0.3 is 4.74 Å². The molecule has 26 heavy (non-hydrogen) atoms. The van der Waals surface area contributed by atoms with Crippen molar-refractivity contribution in [2.45, 2.75) is 71.6 Å². The minimum Gasteiger partial charge on any atom is -0.491 e. The maximum Gasteiger partial charge on any atom is 0.165 e. The number of unbranched alkanes of at least 4 members (excludes halogenated alkanes) is 6. The van der Waals surface area contributed by atoms with E-state index < -0.39 is 0 Å². The van der Waals surface area contributed by atoms with Gasteiger partial charge in [0.25, 0.3) is 0 Å². The molecule has 0 unspecified atom stereocenters. The highest BCUT2D eigenvalue weighted by molar-refractivity contribution is 5.56. The largest absolute Gasteiger partial charge is 0.491 e. The van der Waals surface area contributed by atoms with Crippen molar-refractivity contribution in [3.63, 3.8) is 0 Å². The average molecular weight is 359 g/mol. The van der Waals surface area contributed by atoms with Gasteiger partial charge in [0.2, 0.25) is 0 Å². The molecule has 0 aliphatic heterocycles. The van der Waals surface area contributed by atoms with Crippen LogP contribution in [0.15, 0.2) is 30.6 Å². The number of ether oxygens (including phenoxy) is 1. The van der Waals surface area contributed by atoms with Gasteiger partial charge in [0.15, 0.2) is 17.4 Å². The predicted molar refractivity (Wildman–Crippen MR) is 105 cm³/mol. The number of aryl methyl sites for hydroxylation is 1. The lowest BCUT2D eigenvalue weighted by molar-refractivity contribution is 0.290. The van der Waals surface area contributed by atoms with Crippen molar-refractivity contribution in [1.29, 1.82) is 0 Å². The minimum absolute atomic E-state index is 0.304. The molecule has 0 aliphatic rings. The summed E-state index contributed by atoms with van der Waals surface area (Å²) in [6.07, 6.45) is 14.1. The van der Waals surface area contributed by atoms with E-state index in [2.05, 4.69) is 23.8 Å². The molecule has 0 aliphatic carbocycles. The van der Waals surface area contributed by atoms with Gasteiger partial charge in [0, 0.05) is 18.0 Å². The summed E-state index contributed by atoms with van der Waals surface area (Å²) >= 11 is 0. The Labute approximate surface area is 157 Å². The molecule has 0 fully saturated rings. The van der Waals surface area contributed by atoms with Crippen molar-refractivity contribution < 1.29 is 9.13 Å². The Hall–Kier alpha value is -1.97. The summed E-state index contributed by atoms with van der Waals surface area (Å²) in [5.74, 6) is 0.499. The smallest absolute Gasteiger partial charge is 0.165 e. The van der Waals surface area contributed by atoms with Crippen molar-refractivity contribution in [3.05, 3.63) is 42.0 Å². The second-order valence-corrected chi connectivity index (χ2v) is 6.78. The summed E-state index contributed by atoms with van der Waals surface area (Å²) in [5.41, 5.74) is 1.82. The lowest BCUT2D eigenvalue weighted by Gasteiger charge is -2.08. The van der Waals surface area contributed by atoms with Crippen molar-refractivity contribution in [2.75, 3.05) is 6.61 Å². The normalized spacial score (nSPS) is 10.9. The fourth-order valence-corrected chi connectivity index (χ4v) is 2.86. The second kappa shape index (κ2) is 11.6. The van der Waals surface area contributed by atoms with E-state index in [0.29, 0.717) is 23.7 Å². The zero-order valence-electron chi connectivity index (χ0n) is 16.1. The molecule has 1 aromatic carbocycles. The topological polar surface area (TPSA) is 35.0 Å². The Bertz CT molecular complexity index is 643. The Morgan fingerprint density at radius 1 is 0.885 bits per heavy atom. The van der Waals surface area contributed by atoms with Crippen LogP contribution in [0.2, 0.25) is 0 Å². The van der Waals surface area contributed by atoms with Gasteiger partial charge in [-0.1, -0.05) is 52.4 Å². The number of hydrogen-bond acceptors (Lipinski definition) is 3. The van der Waals surface area contributed by atoms with Gasteiger partial charge in [-0.05, 0) is 43.0 Å². The SMILES string of the molecule is CCCCCCOc1ccc(-c2ncc(CCCCCC)cn2)cc1F. The standard InChI is InChI=1S/C22H31FN2O/c1-3-5-7-9-11-18-16-24-22(25-17-18)19-12-13-21(20(23)15-19)26-14-10-8-6-4-2/h12-13,15-17H,3-11,14H2,1-2H3. The molecule has 0 amide bonds. The molecular formula is C22H31FN2O. The first kappa shape index (κ1) is 20.3. The maximum absolute atomic E-state index is 14.2. The van der Waals surface area contributed by atoms with Crippen LogP contribution < -0.4 is 4.74 Å². The van der Waals surface area contributed by atoms with Crippen LogP contribution in [0.25, 0.3) is 11.4 Å². The van der Waals surface area contributed by atoms with Gasteiger partial charge in [-0.3, -0.25) is 0 Å². The van der Waals surface area contributed by atoms with Crippen LogP contribution in [-0.2, 0) is 6.42 Å². The quantitative estimate of drug-likeness (QED) is 0.414. The van der Waals surface area contributed by atoms with E-state index in [0.717, 1.165) is 31.2 Å². The zero-order valence-corrected chi connectivity index (χ0v) is 16.1. The molecule has 0 radical (unpaired) electrons. The fraction of sp³-hybridized carbons (Fsp3) is 0.545. The first-order chi connectivity index (χ1) is 12.7. The third kappa shape index (κ3) is 6.74. The van der Waals surface area contributed by atoms with Gasteiger partial charge in [-0.15, -0.1) is 0 Å². The third-order valence-electron chi connectivity index (χ3n) is 4.47. The van der Waals surface area contributed by atoms with Crippen molar-refractivity contribution in [2.24, 2.45) is 0 Å². The zero-order chi connectivity index (χ0) is 18.6. The highest BCUT2D eigenvalue weighted by Crippen LogP contribution is 2.24. The molecule has 142 valence electrons. The van der Waals surface area contributed by atoms with Crippen LogP contribution >= 0.6 is 0 Å². The summed E-state index contributed by atoms with van der Waals surface area (Å²) in [4.78, 5) is 8.79. The number of rotatable bonds is 12. The van der Waals surface area contributed by atoms with Gasteiger partial charge >= 0.3 is 0 Å². The number of nitrogens with zero attached hydrogens (tertiary/aromatic N) is 2. The molecule has 0 N–H and O–H groups in total. The van der Waals surface area contributed by atoms with Crippen molar-refractivity contribution >= 4 is 0 Å². The first-order valence-electron chi connectivity index (χ1n) is 9.98. The number of halogens is 1. The van der Waals surface area contributed by atoms with E-state index in [1.165, 1.54) is 38.2 Å². The maximum atomic E-state index is 14.2. The Kier molecular flexibility index (Phi) is 9.08. The molecule has 0 spiro atoms. The van der Waals surface area contributed by atoms with E-state index in [1.807, 2.05) is 18.5 Å². The molecule has 4 heteroatoms. The lowest BCUT2D eigenvalue weighted by atomic mass is 10.1. The van der Waals surface area contributed by atoms with E-state index in [4.69, 9.17) is 4.74 Å². The van der Waals surface area contributed by atoms with Gasteiger partial charge in [0.05, 0.1) is 6.61 Å². The monoisotopic (exact) mass is 358 g/mol. The highest BCUT2D eigenvalue weighted by atomic mass is 19.1. The molecule has 3 nitrogen and oxygen atoms in total. The van der Waals surface area contributed by atoms with Gasteiger partial charge in [0.1, 0.15) is 0 Å². The Morgan fingerprint density at radius 2 is 1.58 bits per heavy atom. The van der Waals surface area contributed by atoms with Gasteiger partial charge in [-0.25, -0.2) is 14.4 Å². The molecular weight excluding hydrogens is 327 g/mol. The lowest BCUT2D eigenvalue weighted by Crippen LogP contribution is -2.00. The number of benzene rings is 1. The van der Waals surface area contributed by atoms with Crippen LogP contribution in [0.5, 0.6) is 5.75 Å². The second-order valence-electron chi connectivity index (χ2n) is 6.78. The van der Waals surface area contributed by atoms with Crippen LogP contribution in [0.3, 0.4) is 0 Å². The minimum atomic E-state index is -0.356. The summed E-state index contributed by atoms with van der Waals surface area (Å²) < 4.78 is 19.8. The summed E-state index contributed by atoms with van der Waals surface area (Å²) in [6, 6.07) is 4.95. The van der Waals surface area contributed by atoms with E-state index >= 15 is 0 Å². The third-order valence-corrected chi connectivity index (χ3v) is 4.47. The molecule has 2 rings (SSSR count). The molecule has 0 saturated carbocycles. The fourth-order valence-electron chi connectivity index (χ4n) is 2.86. The van der Waals surface area contributed by atoms with Crippen LogP contribution in [0.4, 0.5) is 4.39 Å². The Morgan fingerprint density at radius 3 is 2.23 bits per heavy atom. The molecule has 1 heterocycles. The van der Waals surface area contributed by atoms with Crippen LogP contribution in [-0.4, -0.2) is 16.6 Å². The number of hydrogen-bond donors (Lipinski definition) is 0. The van der Waals surface area contributed by atoms with Gasteiger partial charge in [-0.2, -0.15) is 0 Å². The molecule has 1 aromatic heterocycles. The highest BCUT2D eigenvalue weighted by Gasteiger charge is 2.08. The predicted octanol–water partition coefficient (Wildman–Crippen LogP) is 6.36. The van der Waals surface area contributed by atoms with Crippen LogP contribution in [0.1, 0.15) is 70.8 Å². The summed E-state index contributed by atoms with van der Waals surface area (Å²) in [7, 11) is 0.